The number of pyridine rings is 1. The Morgan fingerprint density at radius 3 is 2.80 bits per heavy atom. The zero-order valence-electron chi connectivity index (χ0n) is 8.52. The summed E-state index contributed by atoms with van der Waals surface area (Å²) in [5.41, 5.74) is 5.49. The van der Waals surface area contributed by atoms with E-state index in [1.165, 1.54) is 0 Å². The van der Waals surface area contributed by atoms with Crippen molar-refractivity contribution in [2.45, 2.75) is 13.0 Å². The summed E-state index contributed by atoms with van der Waals surface area (Å²) in [7, 11) is 0. The summed E-state index contributed by atoms with van der Waals surface area (Å²) >= 11 is 0. The molecule has 0 aliphatic rings. The van der Waals surface area contributed by atoms with Crippen LogP contribution in [0, 0.1) is 0 Å². The van der Waals surface area contributed by atoms with Crippen molar-refractivity contribution >= 4 is 10.8 Å². The minimum atomic E-state index is 0.0709. The fourth-order valence-electron chi connectivity index (χ4n) is 1.67. The lowest BCUT2D eigenvalue weighted by Gasteiger charge is -2.05. The molecule has 0 atom stereocenters. The van der Waals surface area contributed by atoms with E-state index in [0.717, 1.165) is 17.2 Å². The second-order valence-corrected chi connectivity index (χ2v) is 3.54. The van der Waals surface area contributed by atoms with E-state index < -0.39 is 0 Å². The Morgan fingerprint density at radius 1 is 1.20 bits per heavy atom. The molecule has 0 fully saturated rings. The van der Waals surface area contributed by atoms with Gasteiger partial charge in [-0.25, -0.2) is 0 Å². The number of nitrogens with zero attached hydrogens (tertiary/aromatic N) is 1. The Balaban J connectivity index is 2.51. The van der Waals surface area contributed by atoms with Crippen LogP contribution in [-0.4, -0.2) is 11.1 Å². The van der Waals surface area contributed by atoms with Crippen molar-refractivity contribution in [3.63, 3.8) is 0 Å². The summed E-state index contributed by atoms with van der Waals surface area (Å²) in [4.78, 5) is 12.0. The van der Waals surface area contributed by atoms with E-state index in [-0.39, 0.29) is 5.56 Å². The minimum Gasteiger partial charge on any atom is -0.330 e. The van der Waals surface area contributed by atoms with Crippen molar-refractivity contribution in [3.05, 3.63) is 46.9 Å². The Bertz CT molecular complexity index is 516. The third-order valence-corrected chi connectivity index (χ3v) is 2.49. The summed E-state index contributed by atoms with van der Waals surface area (Å²) in [6.45, 7) is 1.30. The van der Waals surface area contributed by atoms with Gasteiger partial charge in [-0.15, -0.1) is 0 Å². The maximum Gasteiger partial charge on any atom is 0.258 e. The van der Waals surface area contributed by atoms with E-state index in [9.17, 15) is 4.79 Å². The van der Waals surface area contributed by atoms with Gasteiger partial charge in [-0.3, -0.25) is 4.79 Å². The summed E-state index contributed by atoms with van der Waals surface area (Å²) in [5.74, 6) is 0. The molecule has 0 saturated heterocycles. The number of benzene rings is 1. The molecule has 0 aliphatic carbocycles. The third-order valence-electron chi connectivity index (χ3n) is 2.49. The predicted molar refractivity (Wildman–Crippen MR) is 61.9 cm³/mol. The molecule has 3 nitrogen and oxygen atoms in total. The van der Waals surface area contributed by atoms with Crippen molar-refractivity contribution in [1.29, 1.82) is 0 Å². The Labute approximate surface area is 88.1 Å². The van der Waals surface area contributed by atoms with Crippen LogP contribution in [0.15, 0.2) is 41.3 Å². The van der Waals surface area contributed by atoms with Crippen LogP contribution in [0.3, 0.4) is 0 Å². The highest BCUT2D eigenvalue weighted by molar-refractivity contribution is 5.81. The first kappa shape index (κ1) is 9.93. The van der Waals surface area contributed by atoms with Gasteiger partial charge in [0.15, 0.2) is 0 Å². The first-order chi connectivity index (χ1) is 7.33. The lowest BCUT2D eigenvalue weighted by atomic mass is 10.2. The maximum atomic E-state index is 12.0. The molecule has 0 unspecified atom stereocenters. The number of hydrogen-bond acceptors (Lipinski definition) is 2. The molecule has 3 heteroatoms. The molecule has 1 aromatic heterocycles. The fraction of sp³-hybridized carbons (Fsp3) is 0.250. The Morgan fingerprint density at radius 2 is 2.00 bits per heavy atom. The second-order valence-electron chi connectivity index (χ2n) is 3.54. The fourth-order valence-corrected chi connectivity index (χ4v) is 1.67. The lowest BCUT2D eigenvalue weighted by molar-refractivity contribution is 0.634. The van der Waals surface area contributed by atoms with Gasteiger partial charge in [0.25, 0.3) is 5.56 Å². The van der Waals surface area contributed by atoms with E-state index in [4.69, 9.17) is 5.73 Å². The Hall–Kier alpha value is -1.61. The predicted octanol–water partition coefficient (Wildman–Crippen LogP) is 1.35. The largest absolute Gasteiger partial charge is 0.330 e. The average molecular weight is 202 g/mol. The van der Waals surface area contributed by atoms with Crippen LogP contribution in [0.25, 0.3) is 10.8 Å². The van der Waals surface area contributed by atoms with E-state index in [1.807, 2.05) is 36.5 Å². The van der Waals surface area contributed by atoms with Gasteiger partial charge in [-0.2, -0.15) is 0 Å². The van der Waals surface area contributed by atoms with Crippen molar-refractivity contribution in [2.75, 3.05) is 6.54 Å². The van der Waals surface area contributed by atoms with Crippen molar-refractivity contribution < 1.29 is 0 Å². The molecule has 0 amide bonds. The number of nitrogens with two attached hydrogens (primary N) is 1. The molecule has 1 heterocycles. The zero-order chi connectivity index (χ0) is 10.7. The smallest absolute Gasteiger partial charge is 0.258 e. The summed E-state index contributed by atoms with van der Waals surface area (Å²) in [5, 5.41) is 1.77. The molecule has 0 saturated carbocycles. The SMILES string of the molecule is NCCCn1ccc2ccccc2c1=O. The highest BCUT2D eigenvalue weighted by Crippen LogP contribution is 2.07. The molecule has 0 spiro atoms. The molecule has 15 heavy (non-hydrogen) atoms. The highest BCUT2D eigenvalue weighted by atomic mass is 16.1. The number of rotatable bonds is 3. The van der Waals surface area contributed by atoms with Crippen LogP contribution in [0.1, 0.15) is 6.42 Å². The molecule has 2 aromatic rings. The van der Waals surface area contributed by atoms with Crippen molar-refractivity contribution in [3.8, 4) is 0 Å². The van der Waals surface area contributed by atoms with E-state index in [2.05, 4.69) is 0 Å². The average Bonchev–Trinajstić information content (AvgIpc) is 2.29. The third kappa shape index (κ3) is 1.92. The molecule has 0 radical (unpaired) electrons. The standard InChI is InChI=1S/C12H14N2O/c13-7-3-8-14-9-6-10-4-1-2-5-11(10)12(14)15/h1-2,4-6,9H,3,7-8,13H2. The topological polar surface area (TPSA) is 48.0 Å². The summed E-state index contributed by atoms with van der Waals surface area (Å²) < 4.78 is 1.72. The number of aryl methyl sites for hydroxylation is 1. The molecule has 0 aliphatic heterocycles. The quantitative estimate of drug-likeness (QED) is 0.816. The van der Waals surface area contributed by atoms with Gasteiger partial charge >= 0.3 is 0 Å². The molecular formula is C12H14N2O. The molecule has 78 valence electrons. The van der Waals surface area contributed by atoms with Crippen LogP contribution in [0.2, 0.25) is 0 Å². The number of aromatic nitrogens is 1. The highest BCUT2D eigenvalue weighted by Gasteiger charge is 2.00. The minimum absolute atomic E-state index is 0.0709. The van der Waals surface area contributed by atoms with E-state index in [1.54, 1.807) is 4.57 Å². The van der Waals surface area contributed by atoms with Crippen molar-refractivity contribution in [2.24, 2.45) is 5.73 Å². The molecule has 1 aromatic carbocycles. The Kier molecular flexibility index (Phi) is 2.83. The number of hydrogen-bond donors (Lipinski definition) is 1. The van der Waals surface area contributed by atoms with Crippen LogP contribution in [-0.2, 0) is 6.54 Å². The summed E-state index contributed by atoms with van der Waals surface area (Å²) in [6, 6.07) is 9.59. The van der Waals surface area contributed by atoms with Gasteiger partial charge in [-0.1, -0.05) is 18.2 Å². The van der Waals surface area contributed by atoms with Gasteiger partial charge in [0.2, 0.25) is 0 Å². The van der Waals surface area contributed by atoms with Crippen LogP contribution >= 0.6 is 0 Å². The normalized spacial score (nSPS) is 10.7. The van der Waals surface area contributed by atoms with Crippen LogP contribution < -0.4 is 11.3 Å². The monoisotopic (exact) mass is 202 g/mol. The van der Waals surface area contributed by atoms with Gasteiger partial charge in [-0.05, 0) is 30.5 Å². The van der Waals surface area contributed by atoms with Crippen LogP contribution in [0.5, 0.6) is 0 Å². The lowest BCUT2D eigenvalue weighted by Crippen LogP contribution is -2.20. The second kappa shape index (κ2) is 4.28. The van der Waals surface area contributed by atoms with E-state index >= 15 is 0 Å². The zero-order valence-corrected chi connectivity index (χ0v) is 8.52. The van der Waals surface area contributed by atoms with Gasteiger partial charge < -0.3 is 10.3 Å². The van der Waals surface area contributed by atoms with Crippen LogP contribution in [0.4, 0.5) is 0 Å². The molecule has 2 N–H and O–H groups in total. The van der Waals surface area contributed by atoms with Gasteiger partial charge in [0.05, 0.1) is 0 Å². The maximum absolute atomic E-state index is 12.0. The van der Waals surface area contributed by atoms with Crippen molar-refractivity contribution in [1.82, 2.24) is 4.57 Å². The van der Waals surface area contributed by atoms with Gasteiger partial charge in [0.1, 0.15) is 0 Å². The first-order valence-electron chi connectivity index (χ1n) is 5.11. The van der Waals surface area contributed by atoms with Gasteiger partial charge in [0, 0.05) is 18.1 Å². The molecule has 0 bridgehead atoms. The number of fused-ring (bicyclic) bond motifs is 1. The summed E-state index contributed by atoms with van der Waals surface area (Å²) in [6.07, 6.45) is 2.67. The molecule has 2 rings (SSSR count). The first-order valence-corrected chi connectivity index (χ1v) is 5.11. The molecular weight excluding hydrogens is 188 g/mol. The van der Waals surface area contributed by atoms with E-state index in [0.29, 0.717) is 13.1 Å².